The predicted octanol–water partition coefficient (Wildman–Crippen LogP) is 4.49. The zero-order valence-corrected chi connectivity index (χ0v) is 19.2. The van der Waals surface area contributed by atoms with Crippen molar-refractivity contribution in [3.63, 3.8) is 0 Å². The second-order valence-electron chi connectivity index (χ2n) is 7.84. The van der Waals surface area contributed by atoms with Gasteiger partial charge in [0.2, 0.25) is 6.10 Å². The van der Waals surface area contributed by atoms with Crippen LogP contribution in [0, 0.1) is 6.92 Å². The smallest absolute Gasteiger partial charge is 0.338 e. The summed E-state index contributed by atoms with van der Waals surface area (Å²) in [4.78, 5) is 38.7. The molecule has 174 valence electrons. The number of aryl methyl sites for hydroxylation is 1. The van der Waals surface area contributed by atoms with Gasteiger partial charge >= 0.3 is 11.9 Å². The van der Waals surface area contributed by atoms with E-state index in [1.54, 1.807) is 60.4 Å². The molecule has 4 rings (SSSR count). The van der Waals surface area contributed by atoms with Gasteiger partial charge in [-0.2, -0.15) is 0 Å². The largest absolute Gasteiger partial charge is 0.478 e. The second kappa shape index (κ2) is 9.79. The summed E-state index contributed by atoms with van der Waals surface area (Å²) < 4.78 is 16.0. The van der Waals surface area contributed by atoms with Gasteiger partial charge in [0, 0.05) is 5.69 Å². The average molecular weight is 459 g/mol. The number of esters is 2. The molecule has 1 saturated heterocycles. The van der Waals surface area contributed by atoms with E-state index in [1.807, 2.05) is 31.2 Å². The van der Waals surface area contributed by atoms with Crippen LogP contribution in [0.4, 0.5) is 5.69 Å². The number of amides is 1. The number of para-hydroxylation sites is 1. The Morgan fingerprint density at radius 1 is 0.882 bits per heavy atom. The van der Waals surface area contributed by atoms with E-state index < -0.39 is 24.1 Å². The van der Waals surface area contributed by atoms with Crippen molar-refractivity contribution >= 4 is 23.5 Å². The summed E-state index contributed by atoms with van der Waals surface area (Å²) in [6.07, 6.45) is -0.741. The maximum absolute atomic E-state index is 13.2. The Bertz CT molecular complexity index is 1200. The molecule has 1 fully saturated rings. The first-order chi connectivity index (χ1) is 16.4. The highest BCUT2D eigenvalue weighted by Crippen LogP contribution is 2.41. The van der Waals surface area contributed by atoms with Gasteiger partial charge in [0.25, 0.3) is 5.91 Å². The minimum atomic E-state index is -0.741. The lowest BCUT2D eigenvalue weighted by Crippen LogP contribution is -2.61. The molecule has 1 heterocycles. The molecule has 1 aliphatic heterocycles. The molecule has 0 aromatic heterocycles. The Balaban J connectivity index is 1.66. The molecule has 2 atom stereocenters. The van der Waals surface area contributed by atoms with Crippen LogP contribution in [0.2, 0.25) is 0 Å². The fraction of sp³-hybridized carbons (Fsp3) is 0.222. The van der Waals surface area contributed by atoms with Crippen molar-refractivity contribution in [3.8, 4) is 5.75 Å². The molecular weight excluding hydrogens is 434 g/mol. The summed E-state index contributed by atoms with van der Waals surface area (Å²) in [5, 5.41) is 0. The molecule has 1 amide bonds. The summed E-state index contributed by atoms with van der Waals surface area (Å²) in [5.74, 6) is -0.418. The molecular formula is C27H25NO6. The van der Waals surface area contributed by atoms with Crippen molar-refractivity contribution < 1.29 is 28.6 Å². The van der Waals surface area contributed by atoms with Crippen LogP contribution in [0.25, 0.3) is 0 Å². The Morgan fingerprint density at radius 3 is 2.12 bits per heavy atom. The van der Waals surface area contributed by atoms with Gasteiger partial charge in [-0.15, -0.1) is 0 Å². The molecule has 0 radical (unpaired) electrons. The van der Waals surface area contributed by atoms with Crippen LogP contribution in [-0.4, -0.2) is 37.7 Å². The van der Waals surface area contributed by atoms with Crippen molar-refractivity contribution in [3.05, 3.63) is 95.1 Å². The summed E-state index contributed by atoms with van der Waals surface area (Å²) in [6, 6.07) is 20.7. The quantitative estimate of drug-likeness (QED) is 0.382. The van der Waals surface area contributed by atoms with E-state index in [0.29, 0.717) is 22.6 Å². The fourth-order valence-electron chi connectivity index (χ4n) is 3.92. The molecule has 3 aromatic carbocycles. The number of nitrogens with zero attached hydrogens (tertiary/aromatic N) is 1. The summed E-state index contributed by atoms with van der Waals surface area (Å²) in [6.45, 7) is 3.95. The van der Waals surface area contributed by atoms with Gasteiger partial charge in [0.05, 0.1) is 24.8 Å². The molecule has 7 heteroatoms. The first-order valence-electron chi connectivity index (χ1n) is 11.0. The summed E-state index contributed by atoms with van der Waals surface area (Å²) in [5.41, 5.74) is 3.18. The third-order valence-corrected chi connectivity index (χ3v) is 5.72. The highest BCUT2D eigenvalue weighted by molar-refractivity contribution is 6.05. The fourth-order valence-corrected chi connectivity index (χ4v) is 3.92. The molecule has 0 spiro atoms. The SMILES string of the molecule is CCOC(=O)c1ccc(N2C(=O)[C@@H](Oc3ccccc3C)[C@H]2c2ccc(C(=O)OC)cc2)cc1. The standard InChI is InChI=1S/C27H25NO6/c1-4-33-27(31)20-13-15-21(16-14-20)28-23(18-9-11-19(12-10-18)26(30)32-3)24(25(28)29)34-22-8-6-5-7-17(22)2/h5-16,23-24H,4H2,1-3H3/t23-,24+/m1/s1. The molecule has 0 N–H and O–H groups in total. The van der Waals surface area contributed by atoms with Crippen LogP contribution in [-0.2, 0) is 14.3 Å². The van der Waals surface area contributed by atoms with Crippen molar-refractivity contribution in [2.45, 2.75) is 26.0 Å². The van der Waals surface area contributed by atoms with Crippen LogP contribution in [0.15, 0.2) is 72.8 Å². The number of hydrogen-bond acceptors (Lipinski definition) is 6. The van der Waals surface area contributed by atoms with Gasteiger partial charge in [-0.3, -0.25) is 9.69 Å². The first-order valence-corrected chi connectivity index (χ1v) is 11.0. The average Bonchev–Trinajstić information content (AvgIpc) is 2.86. The van der Waals surface area contributed by atoms with Crippen molar-refractivity contribution in [1.29, 1.82) is 0 Å². The molecule has 3 aromatic rings. The Morgan fingerprint density at radius 2 is 1.50 bits per heavy atom. The molecule has 0 aliphatic carbocycles. The minimum absolute atomic E-state index is 0.200. The topological polar surface area (TPSA) is 82.1 Å². The highest BCUT2D eigenvalue weighted by atomic mass is 16.5. The lowest BCUT2D eigenvalue weighted by atomic mass is 9.89. The van der Waals surface area contributed by atoms with Crippen LogP contribution in [0.3, 0.4) is 0 Å². The van der Waals surface area contributed by atoms with Crippen molar-refractivity contribution in [1.82, 2.24) is 0 Å². The maximum atomic E-state index is 13.2. The van der Waals surface area contributed by atoms with Gasteiger partial charge in [0.15, 0.2) is 0 Å². The van der Waals surface area contributed by atoms with Crippen LogP contribution in [0.5, 0.6) is 5.75 Å². The molecule has 0 saturated carbocycles. The van der Waals surface area contributed by atoms with Crippen molar-refractivity contribution in [2.75, 3.05) is 18.6 Å². The first kappa shape index (κ1) is 23.0. The number of rotatable bonds is 7. The third kappa shape index (κ3) is 4.37. The van der Waals surface area contributed by atoms with Gasteiger partial charge in [0.1, 0.15) is 11.8 Å². The number of carbonyl (C=O) groups is 3. The molecule has 7 nitrogen and oxygen atoms in total. The predicted molar refractivity (Wildman–Crippen MR) is 126 cm³/mol. The molecule has 34 heavy (non-hydrogen) atoms. The van der Waals surface area contributed by atoms with E-state index in [1.165, 1.54) is 7.11 Å². The maximum Gasteiger partial charge on any atom is 0.338 e. The summed E-state index contributed by atoms with van der Waals surface area (Å²) >= 11 is 0. The molecule has 1 aliphatic rings. The second-order valence-corrected chi connectivity index (χ2v) is 7.84. The van der Waals surface area contributed by atoms with Crippen LogP contribution < -0.4 is 9.64 Å². The number of anilines is 1. The zero-order chi connectivity index (χ0) is 24.2. The number of ether oxygens (including phenoxy) is 3. The number of β-lactam (4-membered cyclic amide) rings is 1. The van der Waals surface area contributed by atoms with E-state index in [0.717, 1.165) is 11.1 Å². The lowest BCUT2D eigenvalue weighted by molar-refractivity contribution is -0.135. The van der Waals surface area contributed by atoms with Crippen LogP contribution >= 0.6 is 0 Å². The molecule has 0 unspecified atom stereocenters. The molecule has 0 bridgehead atoms. The van der Waals surface area contributed by atoms with E-state index in [2.05, 4.69) is 0 Å². The summed E-state index contributed by atoms with van der Waals surface area (Å²) in [7, 11) is 1.33. The number of methoxy groups -OCH3 is 1. The van der Waals surface area contributed by atoms with Gasteiger partial charge in [-0.25, -0.2) is 9.59 Å². The van der Waals surface area contributed by atoms with Gasteiger partial charge in [-0.1, -0.05) is 30.3 Å². The third-order valence-electron chi connectivity index (χ3n) is 5.72. The Labute approximate surface area is 197 Å². The number of benzene rings is 3. The minimum Gasteiger partial charge on any atom is -0.478 e. The highest BCUT2D eigenvalue weighted by Gasteiger charge is 2.51. The van der Waals surface area contributed by atoms with E-state index in [-0.39, 0.29) is 12.5 Å². The normalized spacial score (nSPS) is 17.0. The number of hydrogen-bond donors (Lipinski definition) is 0. The van der Waals surface area contributed by atoms with E-state index >= 15 is 0 Å². The monoisotopic (exact) mass is 459 g/mol. The van der Waals surface area contributed by atoms with Crippen molar-refractivity contribution in [2.24, 2.45) is 0 Å². The Hall–Kier alpha value is -4.13. The van der Waals surface area contributed by atoms with E-state index in [9.17, 15) is 14.4 Å². The van der Waals surface area contributed by atoms with Gasteiger partial charge in [-0.05, 0) is 67.4 Å². The van der Waals surface area contributed by atoms with Gasteiger partial charge < -0.3 is 14.2 Å². The van der Waals surface area contributed by atoms with Crippen LogP contribution in [0.1, 0.15) is 44.8 Å². The Kier molecular flexibility index (Phi) is 6.63. The number of carbonyl (C=O) groups excluding carboxylic acids is 3. The van der Waals surface area contributed by atoms with E-state index in [4.69, 9.17) is 14.2 Å². The zero-order valence-electron chi connectivity index (χ0n) is 19.2. The lowest BCUT2D eigenvalue weighted by Gasteiger charge is -2.46.